The third-order valence-corrected chi connectivity index (χ3v) is 4.77. The second-order valence-electron chi connectivity index (χ2n) is 6.81. The monoisotopic (exact) mass is 368 g/mol. The summed E-state index contributed by atoms with van der Waals surface area (Å²) in [6.45, 7) is 2.50. The molecule has 6 nitrogen and oxygen atoms in total. The molecular formula is C21H24N2O4. The van der Waals surface area contributed by atoms with Crippen LogP contribution in [-0.4, -0.2) is 42.3 Å². The van der Waals surface area contributed by atoms with Gasteiger partial charge in [0.05, 0.1) is 17.9 Å². The van der Waals surface area contributed by atoms with Crippen molar-refractivity contribution in [2.75, 3.05) is 25.5 Å². The van der Waals surface area contributed by atoms with Crippen LogP contribution in [0.3, 0.4) is 0 Å². The quantitative estimate of drug-likeness (QED) is 0.754. The lowest BCUT2D eigenvalue weighted by atomic mass is 9.94. The minimum absolute atomic E-state index is 0.0728. The van der Waals surface area contributed by atoms with Gasteiger partial charge in [-0.1, -0.05) is 25.5 Å². The van der Waals surface area contributed by atoms with Crippen molar-refractivity contribution in [3.05, 3.63) is 65.3 Å². The zero-order valence-corrected chi connectivity index (χ0v) is 15.8. The minimum atomic E-state index is -0.627. The maximum absolute atomic E-state index is 12.9. The second-order valence-corrected chi connectivity index (χ2v) is 6.81. The summed E-state index contributed by atoms with van der Waals surface area (Å²) in [5.41, 5.74) is 1.86. The molecule has 0 bridgehead atoms. The zero-order valence-electron chi connectivity index (χ0n) is 15.8. The molecule has 1 amide bonds. The molecule has 1 aliphatic rings. The Kier molecular flexibility index (Phi) is 5.35. The Labute approximate surface area is 158 Å². The second kappa shape index (κ2) is 7.70. The number of benzene rings is 1. The van der Waals surface area contributed by atoms with Crippen molar-refractivity contribution in [1.82, 2.24) is 4.90 Å². The molecule has 1 atom stereocenters. The van der Waals surface area contributed by atoms with Crippen LogP contribution in [0.25, 0.3) is 0 Å². The van der Waals surface area contributed by atoms with E-state index in [1.54, 1.807) is 11.0 Å². The lowest BCUT2D eigenvalue weighted by Crippen LogP contribution is -2.32. The van der Waals surface area contributed by atoms with Gasteiger partial charge in [-0.05, 0) is 36.2 Å². The summed E-state index contributed by atoms with van der Waals surface area (Å²) in [5, 5.41) is 10.5. The van der Waals surface area contributed by atoms with Gasteiger partial charge in [0.2, 0.25) is 5.78 Å². The number of unbranched alkanes of at least 4 members (excludes halogenated alkanes) is 1. The molecule has 0 spiro atoms. The van der Waals surface area contributed by atoms with Gasteiger partial charge in [-0.15, -0.1) is 0 Å². The molecule has 27 heavy (non-hydrogen) atoms. The van der Waals surface area contributed by atoms with Crippen LogP contribution in [0.5, 0.6) is 0 Å². The van der Waals surface area contributed by atoms with E-state index in [2.05, 4.69) is 0 Å². The number of aliphatic hydroxyl groups excluding tert-OH is 1. The van der Waals surface area contributed by atoms with Crippen molar-refractivity contribution in [3.63, 3.8) is 0 Å². The highest BCUT2D eigenvalue weighted by Crippen LogP contribution is 2.39. The van der Waals surface area contributed by atoms with Crippen molar-refractivity contribution in [2.45, 2.75) is 25.8 Å². The van der Waals surface area contributed by atoms with Gasteiger partial charge in [-0.3, -0.25) is 9.59 Å². The minimum Gasteiger partial charge on any atom is -0.503 e. The first kappa shape index (κ1) is 18.8. The molecule has 6 heteroatoms. The van der Waals surface area contributed by atoms with E-state index < -0.39 is 23.5 Å². The highest BCUT2D eigenvalue weighted by atomic mass is 16.3. The third kappa shape index (κ3) is 3.47. The fourth-order valence-electron chi connectivity index (χ4n) is 3.29. The average molecular weight is 368 g/mol. The maximum Gasteiger partial charge on any atom is 0.290 e. The molecule has 3 rings (SSSR count). The molecule has 0 saturated heterocycles. The van der Waals surface area contributed by atoms with E-state index in [0.29, 0.717) is 6.54 Å². The number of Topliss-reactive ketones (excluding diaryl/α,β-unsaturated/α-hetero) is 1. The van der Waals surface area contributed by atoms with Gasteiger partial charge in [-0.2, -0.15) is 0 Å². The fourth-order valence-corrected chi connectivity index (χ4v) is 3.29. The molecule has 1 aromatic heterocycles. The number of ketones is 1. The van der Waals surface area contributed by atoms with Crippen molar-refractivity contribution in [3.8, 4) is 0 Å². The van der Waals surface area contributed by atoms with Gasteiger partial charge in [0.15, 0.2) is 11.5 Å². The first-order valence-electron chi connectivity index (χ1n) is 9.05. The molecule has 2 aromatic rings. The number of amides is 1. The number of hydrogen-bond acceptors (Lipinski definition) is 5. The van der Waals surface area contributed by atoms with Crippen molar-refractivity contribution < 1.29 is 19.1 Å². The number of anilines is 1. The average Bonchev–Trinajstić information content (AvgIpc) is 3.28. The molecule has 2 heterocycles. The Balaban J connectivity index is 2.05. The molecule has 0 fully saturated rings. The van der Waals surface area contributed by atoms with Crippen molar-refractivity contribution in [1.29, 1.82) is 0 Å². The number of carbonyl (C=O) groups excluding carboxylic acids is 2. The first-order valence-corrected chi connectivity index (χ1v) is 9.05. The number of furan rings is 1. The Morgan fingerprint density at radius 1 is 1.22 bits per heavy atom. The SMILES string of the molecule is CCCCN1C(=O)C(O)=C(C(=O)c2ccco2)C1c1ccc(N(C)C)cc1. The van der Waals surface area contributed by atoms with Crippen LogP contribution in [0.1, 0.15) is 41.9 Å². The lowest BCUT2D eigenvalue weighted by Gasteiger charge is -2.27. The lowest BCUT2D eigenvalue weighted by molar-refractivity contribution is -0.129. The molecule has 1 aliphatic heterocycles. The topological polar surface area (TPSA) is 74.0 Å². The predicted octanol–water partition coefficient (Wildman–Crippen LogP) is 3.72. The maximum atomic E-state index is 12.9. The van der Waals surface area contributed by atoms with Gasteiger partial charge in [-0.25, -0.2) is 0 Å². The number of rotatable bonds is 7. The fraction of sp³-hybridized carbons (Fsp3) is 0.333. The summed E-state index contributed by atoms with van der Waals surface area (Å²) in [6, 6.07) is 10.2. The predicted molar refractivity (Wildman–Crippen MR) is 103 cm³/mol. The van der Waals surface area contributed by atoms with Crippen LogP contribution in [0.4, 0.5) is 5.69 Å². The molecule has 142 valence electrons. The molecule has 0 saturated carbocycles. The molecule has 0 aliphatic carbocycles. The van der Waals surface area contributed by atoms with E-state index in [9.17, 15) is 14.7 Å². The largest absolute Gasteiger partial charge is 0.503 e. The molecule has 0 radical (unpaired) electrons. The Morgan fingerprint density at radius 3 is 2.48 bits per heavy atom. The van der Waals surface area contributed by atoms with Crippen LogP contribution in [0, 0.1) is 0 Å². The van der Waals surface area contributed by atoms with E-state index in [-0.39, 0.29) is 11.3 Å². The van der Waals surface area contributed by atoms with Gasteiger partial charge < -0.3 is 19.3 Å². The Bertz CT molecular complexity index is 851. The van der Waals surface area contributed by atoms with E-state index in [4.69, 9.17) is 4.42 Å². The van der Waals surface area contributed by atoms with Gasteiger partial charge in [0, 0.05) is 26.3 Å². The molecule has 1 N–H and O–H groups in total. The van der Waals surface area contributed by atoms with E-state index in [1.807, 2.05) is 50.2 Å². The van der Waals surface area contributed by atoms with Gasteiger partial charge in [0.25, 0.3) is 5.91 Å². The highest BCUT2D eigenvalue weighted by molar-refractivity contribution is 6.15. The molecule has 1 aromatic carbocycles. The first-order chi connectivity index (χ1) is 13.0. The Hall–Kier alpha value is -3.02. The summed E-state index contributed by atoms with van der Waals surface area (Å²) in [6.07, 6.45) is 3.09. The van der Waals surface area contributed by atoms with E-state index in [0.717, 1.165) is 24.1 Å². The number of aliphatic hydroxyl groups is 1. The Morgan fingerprint density at radius 2 is 1.93 bits per heavy atom. The number of carbonyl (C=O) groups is 2. The summed E-state index contributed by atoms with van der Waals surface area (Å²) in [5.74, 6) is -1.36. The normalized spacial score (nSPS) is 16.9. The standard InChI is InChI=1S/C21H24N2O4/c1-4-5-12-23-18(14-8-10-15(11-9-14)22(2)3)17(20(25)21(23)26)19(24)16-7-6-13-27-16/h6-11,13,18,25H,4-5,12H2,1-3H3. The van der Waals surface area contributed by atoms with E-state index in [1.165, 1.54) is 12.3 Å². The number of hydrogen-bond donors (Lipinski definition) is 1. The van der Waals surface area contributed by atoms with Crippen LogP contribution in [0.2, 0.25) is 0 Å². The van der Waals surface area contributed by atoms with Crippen LogP contribution in [0.15, 0.2) is 58.4 Å². The third-order valence-electron chi connectivity index (χ3n) is 4.77. The van der Waals surface area contributed by atoms with Crippen LogP contribution in [-0.2, 0) is 4.79 Å². The smallest absolute Gasteiger partial charge is 0.290 e. The summed E-state index contributed by atoms with van der Waals surface area (Å²) in [7, 11) is 3.89. The van der Waals surface area contributed by atoms with Crippen LogP contribution >= 0.6 is 0 Å². The summed E-state index contributed by atoms with van der Waals surface area (Å²) in [4.78, 5) is 29.2. The molecule has 1 unspecified atom stereocenters. The molecular weight excluding hydrogens is 344 g/mol. The van der Waals surface area contributed by atoms with Gasteiger partial charge in [0.1, 0.15) is 0 Å². The van der Waals surface area contributed by atoms with Crippen molar-refractivity contribution in [2.24, 2.45) is 0 Å². The van der Waals surface area contributed by atoms with Crippen LogP contribution < -0.4 is 4.90 Å². The zero-order chi connectivity index (χ0) is 19.6. The summed E-state index contributed by atoms with van der Waals surface area (Å²) >= 11 is 0. The highest BCUT2D eigenvalue weighted by Gasteiger charge is 2.44. The number of nitrogens with zero attached hydrogens (tertiary/aromatic N) is 2. The van der Waals surface area contributed by atoms with E-state index >= 15 is 0 Å². The summed E-state index contributed by atoms with van der Waals surface area (Å²) < 4.78 is 5.21. The van der Waals surface area contributed by atoms with Crippen molar-refractivity contribution >= 4 is 17.4 Å². The van der Waals surface area contributed by atoms with Gasteiger partial charge >= 0.3 is 0 Å².